The number of rotatable bonds is 5. The van der Waals surface area contributed by atoms with E-state index in [1.165, 1.54) is 0 Å². The van der Waals surface area contributed by atoms with Gasteiger partial charge in [-0.3, -0.25) is 4.79 Å². The van der Waals surface area contributed by atoms with Gasteiger partial charge in [0.05, 0.1) is 0 Å². The summed E-state index contributed by atoms with van der Waals surface area (Å²) in [5.74, 6) is 2.08. The van der Waals surface area contributed by atoms with Gasteiger partial charge in [0, 0.05) is 38.5 Å². The Morgan fingerprint density at radius 3 is 2.84 bits per heavy atom. The van der Waals surface area contributed by atoms with E-state index in [9.17, 15) is 4.79 Å². The normalized spacial score (nSPS) is 14.7. The molecule has 1 amide bonds. The van der Waals surface area contributed by atoms with E-state index in [0.29, 0.717) is 30.4 Å². The highest BCUT2D eigenvalue weighted by molar-refractivity contribution is 5.76. The highest BCUT2D eigenvalue weighted by atomic mass is 16.2. The molecule has 0 spiro atoms. The van der Waals surface area contributed by atoms with Crippen LogP contribution < -0.4 is 11.1 Å². The lowest BCUT2D eigenvalue weighted by Gasteiger charge is -2.15. The molecule has 6 heteroatoms. The minimum Gasteiger partial charge on any atom is -0.384 e. The van der Waals surface area contributed by atoms with Gasteiger partial charge in [-0.25, -0.2) is 9.97 Å². The van der Waals surface area contributed by atoms with Crippen LogP contribution in [0.4, 0.5) is 11.6 Å². The topological polar surface area (TPSA) is 84.1 Å². The van der Waals surface area contributed by atoms with Gasteiger partial charge >= 0.3 is 0 Å². The van der Waals surface area contributed by atoms with Crippen molar-refractivity contribution in [1.82, 2.24) is 14.9 Å². The molecule has 0 unspecified atom stereocenters. The molecule has 1 saturated heterocycles. The van der Waals surface area contributed by atoms with E-state index < -0.39 is 0 Å². The first-order valence-corrected chi connectivity index (χ1v) is 6.84. The average Bonchev–Trinajstić information content (AvgIpc) is 2.92. The molecule has 2 rings (SSSR count). The van der Waals surface area contributed by atoms with Crippen molar-refractivity contribution in [3.05, 3.63) is 11.9 Å². The lowest BCUT2D eigenvalue weighted by Crippen LogP contribution is -2.29. The van der Waals surface area contributed by atoms with Crippen LogP contribution in [0.5, 0.6) is 0 Å². The van der Waals surface area contributed by atoms with Crippen LogP contribution in [-0.4, -0.2) is 40.4 Å². The van der Waals surface area contributed by atoms with Crippen LogP contribution in [0, 0.1) is 0 Å². The molecule has 2 heterocycles. The van der Waals surface area contributed by atoms with Gasteiger partial charge in [0.2, 0.25) is 5.91 Å². The summed E-state index contributed by atoms with van der Waals surface area (Å²) in [6, 6.07) is 1.69. The van der Waals surface area contributed by atoms with Crippen LogP contribution in [0.15, 0.2) is 6.07 Å². The molecule has 1 fully saturated rings. The van der Waals surface area contributed by atoms with E-state index >= 15 is 0 Å². The van der Waals surface area contributed by atoms with E-state index in [4.69, 9.17) is 5.73 Å². The predicted molar refractivity (Wildman–Crippen MR) is 74.7 cm³/mol. The molecule has 104 valence electrons. The van der Waals surface area contributed by atoms with Gasteiger partial charge in [-0.2, -0.15) is 0 Å². The van der Waals surface area contributed by atoms with Crippen molar-refractivity contribution in [3.63, 3.8) is 0 Å². The van der Waals surface area contributed by atoms with Gasteiger partial charge in [-0.05, 0) is 12.8 Å². The molecule has 3 N–H and O–H groups in total. The Bertz CT molecular complexity index is 443. The van der Waals surface area contributed by atoms with Gasteiger partial charge in [0.15, 0.2) is 0 Å². The van der Waals surface area contributed by atoms with Crippen LogP contribution in [-0.2, 0) is 11.2 Å². The Balaban J connectivity index is 1.81. The Hall–Kier alpha value is -1.85. The number of amides is 1. The third-order valence-corrected chi connectivity index (χ3v) is 3.21. The number of anilines is 2. The summed E-state index contributed by atoms with van der Waals surface area (Å²) in [6.07, 6.45) is 3.49. The smallest absolute Gasteiger partial charge is 0.224 e. The molecule has 19 heavy (non-hydrogen) atoms. The maximum Gasteiger partial charge on any atom is 0.224 e. The van der Waals surface area contributed by atoms with E-state index in [0.717, 1.165) is 32.4 Å². The largest absolute Gasteiger partial charge is 0.384 e. The molecule has 1 aliphatic rings. The molecule has 0 atom stereocenters. The summed E-state index contributed by atoms with van der Waals surface area (Å²) >= 11 is 0. The molecule has 0 aromatic carbocycles. The highest BCUT2D eigenvalue weighted by Crippen LogP contribution is 2.11. The van der Waals surface area contributed by atoms with Crippen LogP contribution in [0.25, 0.3) is 0 Å². The van der Waals surface area contributed by atoms with Crippen molar-refractivity contribution in [2.45, 2.75) is 32.6 Å². The number of aryl methyl sites for hydroxylation is 1. The Labute approximate surface area is 113 Å². The fraction of sp³-hybridized carbons (Fsp3) is 0.615. The van der Waals surface area contributed by atoms with Gasteiger partial charge in [-0.1, -0.05) is 6.92 Å². The molecule has 0 bridgehead atoms. The first kappa shape index (κ1) is 13.6. The average molecular weight is 263 g/mol. The number of carbonyl (C=O) groups is 1. The van der Waals surface area contributed by atoms with Crippen LogP contribution in [0.3, 0.4) is 0 Å². The van der Waals surface area contributed by atoms with Crippen molar-refractivity contribution in [3.8, 4) is 0 Å². The number of likely N-dealkylation sites (tertiary alicyclic amines) is 1. The van der Waals surface area contributed by atoms with Crippen molar-refractivity contribution in [2.24, 2.45) is 0 Å². The van der Waals surface area contributed by atoms with E-state index in [1.807, 2.05) is 11.8 Å². The second-order valence-corrected chi connectivity index (χ2v) is 4.71. The highest BCUT2D eigenvalue weighted by Gasteiger charge is 2.17. The number of nitrogen functional groups attached to an aromatic ring is 1. The minimum atomic E-state index is 0.211. The maximum atomic E-state index is 11.9. The number of aromatic nitrogens is 2. The summed E-state index contributed by atoms with van der Waals surface area (Å²) in [5.41, 5.74) is 5.70. The minimum absolute atomic E-state index is 0.211. The lowest BCUT2D eigenvalue weighted by molar-refractivity contribution is -0.129. The lowest BCUT2D eigenvalue weighted by atomic mass is 10.3. The zero-order chi connectivity index (χ0) is 13.7. The van der Waals surface area contributed by atoms with Crippen molar-refractivity contribution in [1.29, 1.82) is 0 Å². The van der Waals surface area contributed by atoms with Crippen LogP contribution >= 0.6 is 0 Å². The molecule has 6 nitrogen and oxygen atoms in total. The number of carbonyl (C=O) groups excluding carboxylic acids is 1. The SMILES string of the molecule is CCc1nc(N)cc(NCCC(=O)N2CCCC2)n1. The molecule has 1 aromatic heterocycles. The van der Waals surface area contributed by atoms with E-state index in [1.54, 1.807) is 6.07 Å². The monoisotopic (exact) mass is 263 g/mol. The maximum absolute atomic E-state index is 11.9. The zero-order valence-electron chi connectivity index (χ0n) is 11.4. The number of nitrogens with zero attached hydrogens (tertiary/aromatic N) is 3. The first-order chi connectivity index (χ1) is 9.19. The first-order valence-electron chi connectivity index (χ1n) is 6.84. The van der Waals surface area contributed by atoms with Crippen molar-refractivity contribution in [2.75, 3.05) is 30.7 Å². The zero-order valence-corrected chi connectivity index (χ0v) is 11.4. The Kier molecular flexibility index (Phi) is 4.54. The number of nitrogens with two attached hydrogens (primary N) is 1. The van der Waals surface area contributed by atoms with Crippen molar-refractivity contribution < 1.29 is 4.79 Å². The standard InChI is InChI=1S/C13H21N5O/c1-2-11-16-10(14)9-12(17-11)15-6-5-13(19)18-7-3-4-8-18/h9H,2-8H2,1H3,(H3,14,15,16,17). The summed E-state index contributed by atoms with van der Waals surface area (Å²) in [5, 5.41) is 3.14. The summed E-state index contributed by atoms with van der Waals surface area (Å²) in [6.45, 7) is 4.36. The summed E-state index contributed by atoms with van der Waals surface area (Å²) in [4.78, 5) is 22.2. The molecular weight excluding hydrogens is 242 g/mol. The van der Waals surface area contributed by atoms with Gasteiger partial charge in [-0.15, -0.1) is 0 Å². The quantitative estimate of drug-likeness (QED) is 0.829. The fourth-order valence-corrected chi connectivity index (χ4v) is 2.19. The number of nitrogens with one attached hydrogen (secondary N) is 1. The second-order valence-electron chi connectivity index (χ2n) is 4.71. The molecular formula is C13H21N5O. The fourth-order valence-electron chi connectivity index (χ4n) is 2.19. The number of hydrogen-bond donors (Lipinski definition) is 2. The molecule has 0 radical (unpaired) electrons. The number of hydrogen-bond acceptors (Lipinski definition) is 5. The molecule has 0 saturated carbocycles. The third kappa shape index (κ3) is 3.81. The Morgan fingerprint density at radius 1 is 1.42 bits per heavy atom. The van der Waals surface area contributed by atoms with Gasteiger partial charge in [0.1, 0.15) is 17.5 Å². The summed E-state index contributed by atoms with van der Waals surface area (Å²) in [7, 11) is 0. The predicted octanol–water partition coefficient (Wildman–Crippen LogP) is 1.05. The van der Waals surface area contributed by atoms with E-state index in [2.05, 4.69) is 15.3 Å². The van der Waals surface area contributed by atoms with Crippen LogP contribution in [0.1, 0.15) is 32.0 Å². The molecule has 1 aromatic rings. The molecule has 0 aliphatic carbocycles. The van der Waals surface area contributed by atoms with Crippen LogP contribution in [0.2, 0.25) is 0 Å². The summed E-state index contributed by atoms with van der Waals surface area (Å²) < 4.78 is 0. The van der Waals surface area contributed by atoms with Crippen molar-refractivity contribution >= 4 is 17.5 Å². The third-order valence-electron chi connectivity index (χ3n) is 3.21. The van der Waals surface area contributed by atoms with Gasteiger partial charge < -0.3 is 16.0 Å². The second kappa shape index (κ2) is 6.36. The van der Waals surface area contributed by atoms with E-state index in [-0.39, 0.29) is 5.91 Å². The molecule has 1 aliphatic heterocycles. The van der Waals surface area contributed by atoms with Gasteiger partial charge in [0.25, 0.3) is 0 Å². The Morgan fingerprint density at radius 2 is 2.16 bits per heavy atom.